The van der Waals surface area contributed by atoms with Gasteiger partial charge in [0.1, 0.15) is 0 Å². The fraction of sp³-hybridized carbons (Fsp3) is 1.00. The van der Waals surface area contributed by atoms with E-state index in [4.69, 9.17) is 4.84 Å². The molecule has 0 aliphatic carbocycles. The summed E-state index contributed by atoms with van der Waals surface area (Å²) in [5.41, 5.74) is 0. The number of hydrogen-bond acceptors (Lipinski definition) is 2. The molecule has 0 aromatic carbocycles. The molecule has 13 heavy (non-hydrogen) atoms. The Labute approximate surface area is 82.2 Å². The van der Waals surface area contributed by atoms with Crippen molar-refractivity contribution in [3.63, 3.8) is 0 Å². The van der Waals surface area contributed by atoms with E-state index >= 15 is 0 Å². The summed E-state index contributed by atoms with van der Waals surface area (Å²) in [7, 11) is 0. The second kappa shape index (κ2) is 4.43. The second-order valence-corrected chi connectivity index (χ2v) is 4.64. The highest BCUT2D eigenvalue weighted by molar-refractivity contribution is 4.81. The number of hydrogen-bond donors (Lipinski definition) is 0. The first-order valence-electron chi connectivity index (χ1n) is 5.51. The molecular formula is C11H23NO. The van der Waals surface area contributed by atoms with Gasteiger partial charge in [0.2, 0.25) is 0 Å². The SMILES string of the molecule is CCC1CC(C(C)C)N(C(C)C)O1. The van der Waals surface area contributed by atoms with Gasteiger partial charge in [0.15, 0.2) is 0 Å². The van der Waals surface area contributed by atoms with Crippen molar-refractivity contribution in [3.8, 4) is 0 Å². The van der Waals surface area contributed by atoms with Crippen molar-refractivity contribution in [2.75, 3.05) is 0 Å². The molecule has 0 bridgehead atoms. The summed E-state index contributed by atoms with van der Waals surface area (Å²) in [6, 6.07) is 1.12. The molecule has 1 aliphatic rings. The van der Waals surface area contributed by atoms with E-state index in [1.807, 2.05) is 0 Å². The second-order valence-electron chi connectivity index (χ2n) is 4.64. The maximum Gasteiger partial charge on any atom is 0.0806 e. The lowest BCUT2D eigenvalue weighted by molar-refractivity contribution is -0.187. The summed E-state index contributed by atoms with van der Waals surface area (Å²) in [6.45, 7) is 11.2. The van der Waals surface area contributed by atoms with Gasteiger partial charge in [-0.05, 0) is 32.6 Å². The first-order chi connectivity index (χ1) is 6.06. The molecule has 2 atom stereocenters. The Morgan fingerprint density at radius 1 is 1.31 bits per heavy atom. The number of nitrogens with zero attached hydrogens (tertiary/aromatic N) is 1. The monoisotopic (exact) mass is 185 g/mol. The van der Waals surface area contributed by atoms with E-state index < -0.39 is 0 Å². The quantitative estimate of drug-likeness (QED) is 0.670. The van der Waals surface area contributed by atoms with Gasteiger partial charge in [-0.2, -0.15) is 5.06 Å². The van der Waals surface area contributed by atoms with Gasteiger partial charge in [0.25, 0.3) is 0 Å². The van der Waals surface area contributed by atoms with Gasteiger partial charge in [0, 0.05) is 12.1 Å². The minimum atomic E-state index is 0.454. The molecule has 0 saturated carbocycles. The zero-order valence-electron chi connectivity index (χ0n) is 9.58. The largest absolute Gasteiger partial charge is 0.295 e. The molecule has 0 radical (unpaired) electrons. The van der Waals surface area contributed by atoms with Gasteiger partial charge >= 0.3 is 0 Å². The molecule has 2 heteroatoms. The fourth-order valence-electron chi connectivity index (χ4n) is 1.98. The fourth-order valence-corrected chi connectivity index (χ4v) is 1.98. The van der Waals surface area contributed by atoms with Crippen LogP contribution in [0.25, 0.3) is 0 Å². The van der Waals surface area contributed by atoms with Crippen LogP contribution in [0, 0.1) is 5.92 Å². The third-order valence-corrected chi connectivity index (χ3v) is 2.84. The number of rotatable bonds is 3. The average molecular weight is 185 g/mol. The van der Waals surface area contributed by atoms with E-state index in [1.54, 1.807) is 0 Å². The predicted octanol–water partition coefficient (Wildman–Crippen LogP) is 2.84. The molecule has 0 N–H and O–H groups in total. The summed E-state index contributed by atoms with van der Waals surface area (Å²) in [5.74, 6) is 0.693. The third kappa shape index (κ3) is 2.44. The Morgan fingerprint density at radius 3 is 2.23 bits per heavy atom. The molecule has 1 saturated heterocycles. The molecule has 1 aliphatic heterocycles. The molecular weight excluding hydrogens is 162 g/mol. The van der Waals surface area contributed by atoms with E-state index in [0.29, 0.717) is 24.1 Å². The van der Waals surface area contributed by atoms with Crippen molar-refractivity contribution >= 4 is 0 Å². The van der Waals surface area contributed by atoms with E-state index in [2.05, 4.69) is 39.7 Å². The molecule has 0 spiro atoms. The van der Waals surface area contributed by atoms with Crippen LogP contribution >= 0.6 is 0 Å². The van der Waals surface area contributed by atoms with Gasteiger partial charge in [0.05, 0.1) is 6.10 Å². The Morgan fingerprint density at radius 2 is 1.92 bits per heavy atom. The standard InChI is InChI=1S/C11H23NO/c1-6-10-7-11(8(2)3)12(13-10)9(4)5/h8-11H,6-7H2,1-5H3. The number of hydroxylamine groups is 2. The third-order valence-electron chi connectivity index (χ3n) is 2.84. The Bertz CT molecular complexity index is 140. The summed E-state index contributed by atoms with van der Waals surface area (Å²) in [4.78, 5) is 5.88. The highest BCUT2D eigenvalue weighted by Gasteiger charge is 2.35. The molecule has 0 aromatic heterocycles. The maximum absolute atomic E-state index is 5.88. The predicted molar refractivity (Wildman–Crippen MR) is 55.4 cm³/mol. The summed E-state index contributed by atoms with van der Waals surface area (Å²) < 4.78 is 0. The van der Waals surface area contributed by atoms with Crippen LogP contribution in [-0.4, -0.2) is 23.3 Å². The first kappa shape index (κ1) is 11.0. The van der Waals surface area contributed by atoms with Crippen LogP contribution in [0.1, 0.15) is 47.5 Å². The molecule has 78 valence electrons. The van der Waals surface area contributed by atoms with Crippen molar-refractivity contribution in [1.29, 1.82) is 0 Å². The molecule has 0 amide bonds. The Hall–Kier alpha value is -0.0800. The van der Waals surface area contributed by atoms with Crippen LogP contribution < -0.4 is 0 Å². The van der Waals surface area contributed by atoms with Crippen LogP contribution in [0.15, 0.2) is 0 Å². The van der Waals surface area contributed by atoms with Gasteiger partial charge in [-0.3, -0.25) is 4.84 Å². The van der Waals surface area contributed by atoms with Gasteiger partial charge < -0.3 is 0 Å². The Kier molecular flexibility index (Phi) is 3.74. The van der Waals surface area contributed by atoms with Crippen LogP contribution in [0.4, 0.5) is 0 Å². The van der Waals surface area contributed by atoms with E-state index in [9.17, 15) is 0 Å². The molecule has 1 fully saturated rings. The van der Waals surface area contributed by atoms with Crippen molar-refractivity contribution in [1.82, 2.24) is 5.06 Å². The van der Waals surface area contributed by atoms with Crippen LogP contribution in [0.3, 0.4) is 0 Å². The van der Waals surface area contributed by atoms with Gasteiger partial charge in [-0.1, -0.05) is 20.8 Å². The van der Waals surface area contributed by atoms with Crippen LogP contribution in [-0.2, 0) is 4.84 Å². The highest BCUT2D eigenvalue weighted by atomic mass is 16.7. The smallest absolute Gasteiger partial charge is 0.0806 e. The Balaban J connectivity index is 2.60. The van der Waals surface area contributed by atoms with Crippen molar-refractivity contribution in [2.24, 2.45) is 5.92 Å². The zero-order chi connectivity index (χ0) is 10.0. The lowest BCUT2D eigenvalue weighted by Crippen LogP contribution is -2.37. The first-order valence-corrected chi connectivity index (χ1v) is 5.51. The topological polar surface area (TPSA) is 12.5 Å². The minimum absolute atomic E-state index is 0.454. The van der Waals surface area contributed by atoms with Crippen LogP contribution in [0.2, 0.25) is 0 Å². The molecule has 1 rings (SSSR count). The molecule has 0 aromatic rings. The van der Waals surface area contributed by atoms with E-state index in [1.165, 1.54) is 6.42 Å². The van der Waals surface area contributed by atoms with Crippen LogP contribution in [0.5, 0.6) is 0 Å². The van der Waals surface area contributed by atoms with E-state index in [-0.39, 0.29) is 0 Å². The average Bonchev–Trinajstić information content (AvgIpc) is 2.47. The maximum atomic E-state index is 5.88. The molecule has 2 unspecified atom stereocenters. The summed E-state index contributed by atoms with van der Waals surface area (Å²) in [6.07, 6.45) is 2.79. The van der Waals surface area contributed by atoms with Gasteiger partial charge in [-0.25, -0.2) is 0 Å². The lowest BCUT2D eigenvalue weighted by atomic mass is 9.97. The van der Waals surface area contributed by atoms with E-state index in [0.717, 1.165) is 6.42 Å². The lowest BCUT2D eigenvalue weighted by Gasteiger charge is -2.28. The van der Waals surface area contributed by atoms with Crippen molar-refractivity contribution in [2.45, 2.75) is 65.6 Å². The molecule has 2 nitrogen and oxygen atoms in total. The summed E-state index contributed by atoms with van der Waals surface area (Å²) in [5, 5.41) is 2.19. The zero-order valence-corrected chi connectivity index (χ0v) is 9.58. The molecule has 1 heterocycles. The highest BCUT2D eigenvalue weighted by Crippen LogP contribution is 2.29. The van der Waals surface area contributed by atoms with Crippen molar-refractivity contribution in [3.05, 3.63) is 0 Å². The minimum Gasteiger partial charge on any atom is -0.295 e. The summed E-state index contributed by atoms with van der Waals surface area (Å²) >= 11 is 0. The van der Waals surface area contributed by atoms with Gasteiger partial charge in [-0.15, -0.1) is 0 Å². The van der Waals surface area contributed by atoms with Crippen molar-refractivity contribution < 1.29 is 4.84 Å². The normalized spacial score (nSPS) is 30.7.